The van der Waals surface area contributed by atoms with Crippen molar-refractivity contribution in [3.63, 3.8) is 0 Å². The van der Waals surface area contributed by atoms with Crippen LogP contribution in [0.3, 0.4) is 0 Å². The molecule has 3 aromatic heterocycles. The number of carbonyl (C=O) groups is 1. The predicted octanol–water partition coefficient (Wildman–Crippen LogP) is 2.39. The van der Waals surface area contributed by atoms with Gasteiger partial charge in [0.15, 0.2) is 14.3 Å². The molecular formula is C11H9N5O2S3. The first-order chi connectivity index (χ1) is 10.1. The number of aryl methyl sites for hydroxylation is 1. The Morgan fingerprint density at radius 3 is 2.76 bits per heavy atom. The van der Waals surface area contributed by atoms with Crippen LogP contribution in [0.15, 0.2) is 26.0 Å². The van der Waals surface area contributed by atoms with Crippen LogP contribution in [-0.4, -0.2) is 42.3 Å². The minimum absolute atomic E-state index is 0.140. The summed E-state index contributed by atoms with van der Waals surface area (Å²) in [5.74, 6) is -1.02. The number of carboxylic acid groups (broad SMARTS) is 1. The van der Waals surface area contributed by atoms with Gasteiger partial charge >= 0.3 is 5.97 Å². The molecule has 0 spiro atoms. The van der Waals surface area contributed by atoms with Gasteiger partial charge in [-0.05, 0) is 6.26 Å². The fourth-order valence-corrected chi connectivity index (χ4v) is 4.32. The van der Waals surface area contributed by atoms with Gasteiger partial charge in [0.05, 0.1) is 17.1 Å². The summed E-state index contributed by atoms with van der Waals surface area (Å²) in [5, 5.41) is 22.3. The van der Waals surface area contributed by atoms with Crippen molar-refractivity contribution in [2.45, 2.75) is 13.6 Å². The van der Waals surface area contributed by atoms with Gasteiger partial charge in [-0.2, -0.15) is 5.10 Å². The molecule has 0 saturated heterocycles. The number of hydrogen-bond acceptors (Lipinski definition) is 8. The fourth-order valence-electron chi connectivity index (χ4n) is 1.74. The van der Waals surface area contributed by atoms with Gasteiger partial charge in [0.2, 0.25) is 0 Å². The van der Waals surface area contributed by atoms with E-state index >= 15 is 0 Å². The van der Waals surface area contributed by atoms with Gasteiger partial charge in [-0.3, -0.25) is 4.68 Å². The van der Waals surface area contributed by atoms with E-state index in [0.717, 1.165) is 4.34 Å². The Morgan fingerprint density at radius 2 is 2.10 bits per heavy atom. The lowest BCUT2D eigenvalue weighted by Gasteiger charge is -2.04. The van der Waals surface area contributed by atoms with Crippen molar-refractivity contribution in [1.82, 2.24) is 25.0 Å². The quantitative estimate of drug-likeness (QED) is 0.724. The first kappa shape index (κ1) is 14.3. The summed E-state index contributed by atoms with van der Waals surface area (Å²) in [4.78, 5) is 16.1. The molecule has 108 valence electrons. The van der Waals surface area contributed by atoms with Crippen LogP contribution in [0.4, 0.5) is 0 Å². The Kier molecular flexibility index (Phi) is 3.83. The molecular weight excluding hydrogens is 330 g/mol. The van der Waals surface area contributed by atoms with Crippen LogP contribution >= 0.6 is 34.9 Å². The molecule has 1 N–H and O–H groups in total. The van der Waals surface area contributed by atoms with E-state index in [1.165, 1.54) is 41.1 Å². The number of aromatic carboxylic acids is 1. The van der Waals surface area contributed by atoms with E-state index in [0.29, 0.717) is 20.3 Å². The van der Waals surface area contributed by atoms with Crippen LogP contribution in [0.1, 0.15) is 10.4 Å². The lowest BCUT2D eigenvalue weighted by atomic mass is 10.2. The van der Waals surface area contributed by atoms with Gasteiger partial charge in [0, 0.05) is 18.1 Å². The number of nitrogens with zero attached hydrogens (tertiary/aromatic N) is 5. The fraction of sp³-hybridized carbons (Fsp3) is 0.182. The maximum Gasteiger partial charge on any atom is 0.338 e. The predicted molar refractivity (Wildman–Crippen MR) is 81.3 cm³/mol. The lowest BCUT2D eigenvalue weighted by molar-refractivity contribution is 0.0693. The summed E-state index contributed by atoms with van der Waals surface area (Å²) in [6.45, 7) is 0. The van der Waals surface area contributed by atoms with Crippen molar-refractivity contribution in [2.75, 3.05) is 6.26 Å². The molecule has 3 aromatic rings. The highest BCUT2D eigenvalue weighted by molar-refractivity contribution is 8.03. The molecule has 0 aliphatic heterocycles. The molecule has 0 saturated carbocycles. The molecule has 7 nitrogen and oxygen atoms in total. The summed E-state index contributed by atoms with van der Waals surface area (Å²) in [6, 6.07) is 0. The average Bonchev–Trinajstić information content (AvgIpc) is 3.06. The van der Waals surface area contributed by atoms with Gasteiger partial charge in [-0.25, -0.2) is 9.78 Å². The monoisotopic (exact) mass is 339 g/mol. The van der Waals surface area contributed by atoms with E-state index in [4.69, 9.17) is 0 Å². The van der Waals surface area contributed by atoms with Crippen molar-refractivity contribution in [2.24, 2.45) is 7.05 Å². The van der Waals surface area contributed by atoms with E-state index in [9.17, 15) is 9.90 Å². The minimum atomic E-state index is -1.02. The first-order valence-electron chi connectivity index (χ1n) is 5.69. The summed E-state index contributed by atoms with van der Waals surface area (Å²) in [5.41, 5.74) is 0.776. The zero-order chi connectivity index (χ0) is 15.0. The number of fused-ring (bicyclic) bond motifs is 1. The van der Waals surface area contributed by atoms with E-state index in [1.807, 2.05) is 6.26 Å². The highest BCUT2D eigenvalue weighted by Crippen LogP contribution is 2.38. The van der Waals surface area contributed by atoms with Crippen LogP contribution < -0.4 is 0 Å². The van der Waals surface area contributed by atoms with Crippen molar-refractivity contribution < 1.29 is 9.90 Å². The van der Waals surface area contributed by atoms with Crippen LogP contribution in [0.5, 0.6) is 0 Å². The van der Waals surface area contributed by atoms with Gasteiger partial charge in [0.1, 0.15) is 0 Å². The topological polar surface area (TPSA) is 93.8 Å². The Balaban J connectivity index is 2.13. The molecule has 0 aliphatic carbocycles. The molecule has 10 heteroatoms. The highest BCUT2D eigenvalue weighted by Gasteiger charge is 2.19. The van der Waals surface area contributed by atoms with E-state index in [-0.39, 0.29) is 5.56 Å². The molecule has 0 amide bonds. The van der Waals surface area contributed by atoms with Gasteiger partial charge in [-0.15, -0.1) is 10.2 Å². The molecule has 0 aromatic carbocycles. The van der Waals surface area contributed by atoms with Crippen LogP contribution in [0, 0.1) is 0 Å². The third-order valence-corrected chi connectivity index (χ3v) is 5.79. The van der Waals surface area contributed by atoms with Crippen LogP contribution in [0.2, 0.25) is 0 Å². The minimum Gasteiger partial charge on any atom is -0.478 e. The SMILES string of the molecule is CSc1nnc(Sc2c(C(=O)O)cnc3c2cnn3C)s1. The maximum absolute atomic E-state index is 11.4. The molecule has 0 aliphatic rings. The second kappa shape index (κ2) is 5.62. The molecule has 0 unspecified atom stereocenters. The molecule has 3 heterocycles. The average molecular weight is 339 g/mol. The number of hydrogen-bond donors (Lipinski definition) is 1. The Morgan fingerprint density at radius 1 is 1.33 bits per heavy atom. The highest BCUT2D eigenvalue weighted by atomic mass is 32.2. The van der Waals surface area contributed by atoms with Crippen molar-refractivity contribution in [3.05, 3.63) is 18.0 Å². The zero-order valence-corrected chi connectivity index (χ0v) is 13.4. The van der Waals surface area contributed by atoms with E-state index in [1.54, 1.807) is 17.9 Å². The van der Waals surface area contributed by atoms with Gasteiger partial charge < -0.3 is 5.11 Å². The van der Waals surface area contributed by atoms with Gasteiger partial charge in [-0.1, -0.05) is 34.9 Å². The zero-order valence-electron chi connectivity index (χ0n) is 11.0. The number of thioether (sulfide) groups is 1. The molecule has 0 radical (unpaired) electrons. The standard InChI is InChI=1S/C11H9N5O2S3/c1-16-8-5(4-13-16)7(6(3-12-8)9(17)18)20-11-15-14-10(19-2)21-11/h3-4H,1-2H3,(H,17,18). The normalized spacial score (nSPS) is 11.1. The molecule has 3 rings (SSSR count). The summed E-state index contributed by atoms with van der Waals surface area (Å²) < 4.78 is 3.14. The summed E-state index contributed by atoms with van der Waals surface area (Å²) in [6.07, 6.45) is 4.89. The van der Waals surface area contributed by atoms with Crippen LogP contribution in [0.25, 0.3) is 11.0 Å². The number of rotatable bonds is 4. The summed E-state index contributed by atoms with van der Waals surface area (Å²) >= 11 is 4.21. The lowest BCUT2D eigenvalue weighted by Crippen LogP contribution is -2.01. The number of pyridine rings is 1. The smallest absolute Gasteiger partial charge is 0.338 e. The molecule has 0 fully saturated rings. The van der Waals surface area contributed by atoms with Crippen molar-refractivity contribution in [1.29, 1.82) is 0 Å². The Hall–Kier alpha value is -1.65. The molecule has 21 heavy (non-hydrogen) atoms. The molecule has 0 atom stereocenters. The van der Waals surface area contributed by atoms with E-state index in [2.05, 4.69) is 20.3 Å². The summed E-state index contributed by atoms with van der Waals surface area (Å²) in [7, 11) is 1.76. The third-order valence-electron chi connectivity index (χ3n) is 2.69. The number of aromatic nitrogens is 5. The molecule has 0 bridgehead atoms. The van der Waals surface area contributed by atoms with Crippen molar-refractivity contribution >= 4 is 51.9 Å². The van der Waals surface area contributed by atoms with E-state index < -0.39 is 5.97 Å². The van der Waals surface area contributed by atoms with Crippen LogP contribution in [-0.2, 0) is 7.05 Å². The third kappa shape index (κ3) is 2.61. The van der Waals surface area contributed by atoms with Gasteiger partial charge in [0.25, 0.3) is 0 Å². The Labute approximate surface area is 131 Å². The largest absolute Gasteiger partial charge is 0.478 e. The second-order valence-corrected chi connectivity index (χ2v) is 7.24. The first-order valence-corrected chi connectivity index (χ1v) is 8.55. The van der Waals surface area contributed by atoms with Crippen molar-refractivity contribution in [3.8, 4) is 0 Å². The maximum atomic E-state index is 11.4. The Bertz CT molecular complexity index is 828. The number of carboxylic acids is 1. The second-order valence-electron chi connectivity index (χ2n) is 3.95.